The maximum Gasteiger partial charge on any atom is 0.238 e. The van der Waals surface area contributed by atoms with E-state index in [1.165, 1.54) is 12.1 Å². The van der Waals surface area contributed by atoms with Crippen LogP contribution in [0.1, 0.15) is 19.1 Å². The minimum atomic E-state index is -3.63. The van der Waals surface area contributed by atoms with E-state index in [1.54, 1.807) is 18.4 Å². The number of aryl methyl sites for hydroxylation is 1. The molecule has 0 aliphatic carbocycles. The smallest absolute Gasteiger partial charge is 0.238 e. The molecule has 1 atom stereocenters. The number of sulfonamides is 1. The van der Waals surface area contributed by atoms with Crippen molar-refractivity contribution in [3.8, 4) is 0 Å². The molecule has 0 radical (unpaired) electrons. The Hall–Kier alpha value is -1.79. The lowest BCUT2D eigenvalue weighted by Gasteiger charge is -2.14. The van der Waals surface area contributed by atoms with Crippen LogP contribution in [0.4, 0.5) is 5.69 Å². The van der Waals surface area contributed by atoms with Gasteiger partial charge in [-0.3, -0.25) is 0 Å². The fraction of sp³-hybridized carbons (Fsp3) is 0.286. The molecule has 0 bridgehead atoms. The molecule has 6 heteroatoms. The third kappa shape index (κ3) is 4.11. The van der Waals surface area contributed by atoms with E-state index in [0.29, 0.717) is 0 Å². The summed E-state index contributed by atoms with van der Waals surface area (Å²) in [6.07, 6.45) is 3.44. The minimum absolute atomic E-state index is 0.117. The summed E-state index contributed by atoms with van der Waals surface area (Å²) in [4.78, 5) is 0.117. The Morgan fingerprint density at radius 1 is 1.25 bits per heavy atom. The summed E-state index contributed by atoms with van der Waals surface area (Å²) in [6, 6.07) is 10.5. The maximum absolute atomic E-state index is 11.1. The fourth-order valence-electron chi connectivity index (χ4n) is 1.91. The number of nitrogens with two attached hydrogens (primary N) is 1. The molecule has 1 aromatic carbocycles. The second kappa shape index (κ2) is 6.11. The molecule has 0 amide bonds. The van der Waals surface area contributed by atoms with E-state index in [0.717, 1.165) is 24.3 Å². The summed E-state index contributed by atoms with van der Waals surface area (Å²) >= 11 is 0. The predicted octanol–water partition coefficient (Wildman–Crippen LogP) is 2.36. The van der Waals surface area contributed by atoms with Crippen LogP contribution in [0, 0.1) is 0 Å². The van der Waals surface area contributed by atoms with Crippen molar-refractivity contribution in [1.82, 2.24) is 0 Å². The zero-order valence-corrected chi connectivity index (χ0v) is 12.1. The highest BCUT2D eigenvalue weighted by atomic mass is 32.2. The quantitative estimate of drug-likeness (QED) is 0.856. The fourth-order valence-corrected chi connectivity index (χ4v) is 2.43. The van der Waals surface area contributed by atoms with E-state index >= 15 is 0 Å². The van der Waals surface area contributed by atoms with Crippen LogP contribution in [0.5, 0.6) is 0 Å². The van der Waals surface area contributed by atoms with Crippen molar-refractivity contribution in [3.05, 3.63) is 48.4 Å². The lowest BCUT2D eigenvalue weighted by atomic mass is 10.1. The number of furan rings is 1. The Kier molecular flexibility index (Phi) is 4.46. The lowest BCUT2D eigenvalue weighted by molar-refractivity contribution is 0.495. The number of hydrogen-bond donors (Lipinski definition) is 2. The molecular weight excluding hydrogens is 276 g/mol. The first-order chi connectivity index (χ1) is 9.45. The largest absolute Gasteiger partial charge is 0.469 e. The molecule has 108 valence electrons. The first-order valence-electron chi connectivity index (χ1n) is 6.37. The van der Waals surface area contributed by atoms with E-state index in [-0.39, 0.29) is 10.9 Å². The van der Waals surface area contributed by atoms with Gasteiger partial charge in [-0.2, -0.15) is 0 Å². The number of anilines is 1. The molecule has 5 nitrogen and oxygen atoms in total. The third-order valence-corrected chi connectivity index (χ3v) is 3.93. The molecule has 0 fully saturated rings. The molecule has 1 aromatic heterocycles. The zero-order chi connectivity index (χ0) is 14.6. The number of primary sulfonamides is 1. The highest BCUT2D eigenvalue weighted by Gasteiger charge is 2.08. The van der Waals surface area contributed by atoms with Gasteiger partial charge in [-0.15, -0.1) is 0 Å². The van der Waals surface area contributed by atoms with Gasteiger partial charge in [-0.25, -0.2) is 13.6 Å². The molecule has 3 N–H and O–H groups in total. The van der Waals surface area contributed by atoms with Gasteiger partial charge in [0.15, 0.2) is 0 Å². The van der Waals surface area contributed by atoms with Gasteiger partial charge in [-0.05, 0) is 49.7 Å². The second-order valence-electron chi connectivity index (χ2n) is 4.73. The molecular formula is C14H18N2O3S. The second-order valence-corrected chi connectivity index (χ2v) is 6.29. The van der Waals surface area contributed by atoms with Gasteiger partial charge in [0.25, 0.3) is 0 Å². The van der Waals surface area contributed by atoms with E-state index in [4.69, 9.17) is 9.56 Å². The Labute approximate surface area is 118 Å². The zero-order valence-electron chi connectivity index (χ0n) is 11.2. The summed E-state index contributed by atoms with van der Waals surface area (Å²) in [5, 5.41) is 8.36. The van der Waals surface area contributed by atoms with Gasteiger partial charge < -0.3 is 9.73 Å². The van der Waals surface area contributed by atoms with Crippen LogP contribution >= 0.6 is 0 Å². The van der Waals surface area contributed by atoms with Gasteiger partial charge in [0.2, 0.25) is 10.0 Å². The van der Waals surface area contributed by atoms with Gasteiger partial charge in [0, 0.05) is 18.2 Å². The van der Waals surface area contributed by atoms with Crippen LogP contribution in [0.2, 0.25) is 0 Å². The highest BCUT2D eigenvalue weighted by Crippen LogP contribution is 2.15. The van der Waals surface area contributed by atoms with Crippen molar-refractivity contribution in [3.63, 3.8) is 0 Å². The number of rotatable bonds is 6. The predicted molar refractivity (Wildman–Crippen MR) is 77.9 cm³/mol. The summed E-state index contributed by atoms with van der Waals surface area (Å²) in [5.41, 5.74) is 0.865. The molecule has 20 heavy (non-hydrogen) atoms. The van der Waals surface area contributed by atoms with Crippen LogP contribution in [0.3, 0.4) is 0 Å². The number of nitrogens with one attached hydrogen (secondary N) is 1. The van der Waals surface area contributed by atoms with E-state index in [9.17, 15) is 8.42 Å². The normalized spacial score (nSPS) is 13.1. The maximum atomic E-state index is 11.1. The molecule has 0 spiro atoms. The summed E-state index contributed by atoms with van der Waals surface area (Å²) in [5.74, 6) is 0.961. The highest BCUT2D eigenvalue weighted by molar-refractivity contribution is 7.89. The summed E-state index contributed by atoms with van der Waals surface area (Å²) in [7, 11) is -3.63. The van der Waals surface area contributed by atoms with Gasteiger partial charge in [-0.1, -0.05) is 0 Å². The van der Waals surface area contributed by atoms with E-state index < -0.39 is 10.0 Å². The van der Waals surface area contributed by atoms with Crippen LogP contribution in [0.25, 0.3) is 0 Å². The molecule has 2 rings (SSSR count). The first kappa shape index (κ1) is 14.6. The van der Waals surface area contributed by atoms with Crippen LogP contribution in [0.15, 0.2) is 52.0 Å². The standard InChI is InChI=1S/C14H18N2O3S/c1-11(4-7-13-3-2-10-19-13)16-12-5-8-14(9-6-12)20(15,17)18/h2-3,5-6,8-11,16H,4,7H2,1H3,(H2,15,17,18). The molecule has 1 unspecified atom stereocenters. The first-order valence-corrected chi connectivity index (χ1v) is 7.91. The molecule has 1 heterocycles. The molecule has 0 saturated heterocycles. The topological polar surface area (TPSA) is 85.3 Å². The van der Waals surface area contributed by atoms with Crippen molar-refractivity contribution >= 4 is 15.7 Å². The monoisotopic (exact) mass is 294 g/mol. The summed E-state index contributed by atoms with van der Waals surface area (Å²) < 4.78 is 27.6. The van der Waals surface area contributed by atoms with Crippen molar-refractivity contribution in [2.24, 2.45) is 5.14 Å². The average molecular weight is 294 g/mol. The Morgan fingerprint density at radius 2 is 1.95 bits per heavy atom. The van der Waals surface area contributed by atoms with Crippen molar-refractivity contribution in [1.29, 1.82) is 0 Å². The Bertz CT molecular complexity index is 634. The van der Waals surface area contributed by atoms with E-state index in [2.05, 4.69) is 12.2 Å². The van der Waals surface area contributed by atoms with Crippen LogP contribution in [-0.4, -0.2) is 14.5 Å². The molecule has 0 aliphatic heterocycles. The van der Waals surface area contributed by atoms with Crippen molar-refractivity contribution in [2.45, 2.75) is 30.7 Å². The van der Waals surface area contributed by atoms with E-state index in [1.807, 2.05) is 12.1 Å². The lowest BCUT2D eigenvalue weighted by Crippen LogP contribution is -2.16. The van der Waals surface area contributed by atoms with Gasteiger partial charge >= 0.3 is 0 Å². The Morgan fingerprint density at radius 3 is 2.50 bits per heavy atom. The SMILES string of the molecule is CC(CCc1ccco1)Nc1ccc(S(N)(=O)=O)cc1. The van der Waals surface area contributed by atoms with Crippen LogP contribution < -0.4 is 10.5 Å². The van der Waals surface area contributed by atoms with Crippen LogP contribution in [-0.2, 0) is 16.4 Å². The molecule has 2 aromatic rings. The Balaban J connectivity index is 1.89. The molecule has 0 saturated carbocycles. The van der Waals surface area contributed by atoms with Crippen molar-refractivity contribution in [2.75, 3.05) is 5.32 Å². The third-order valence-electron chi connectivity index (χ3n) is 3.00. The molecule has 0 aliphatic rings. The van der Waals surface area contributed by atoms with Gasteiger partial charge in [0.05, 0.1) is 11.2 Å². The van der Waals surface area contributed by atoms with Crippen molar-refractivity contribution < 1.29 is 12.8 Å². The van der Waals surface area contributed by atoms with Gasteiger partial charge in [0.1, 0.15) is 5.76 Å². The number of benzene rings is 1. The number of hydrogen-bond acceptors (Lipinski definition) is 4. The summed E-state index contributed by atoms with van der Waals surface area (Å²) in [6.45, 7) is 2.07. The minimum Gasteiger partial charge on any atom is -0.469 e. The average Bonchev–Trinajstić information content (AvgIpc) is 2.89.